The molecule has 0 unspecified atom stereocenters. The maximum absolute atomic E-state index is 11.7. The van der Waals surface area contributed by atoms with Crippen molar-refractivity contribution >= 4 is 39.6 Å². The summed E-state index contributed by atoms with van der Waals surface area (Å²) < 4.78 is 32.4. The number of hydrogen-bond acceptors (Lipinski definition) is 7. The number of benzene rings is 3. The molecule has 0 spiro atoms. The van der Waals surface area contributed by atoms with E-state index in [2.05, 4.69) is 20.8 Å². The largest absolute Gasteiger partial charge is 1.00 e. The zero-order chi connectivity index (χ0) is 25.8. The van der Waals surface area contributed by atoms with Crippen molar-refractivity contribution in [2.45, 2.75) is 18.7 Å². The van der Waals surface area contributed by atoms with Crippen LogP contribution in [0.2, 0.25) is 0 Å². The van der Waals surface area contributed by atoms with E-state index < -0.39 is 26.7 Å². The molecule has 0 bridgehead atoms. The summed E-state index contributed by atoms with van der Waals surface area (Å²) in [6, 6.07) is 12.5. The number of carboxylic acids is 1. The zero-order valence-electron chi connectivity index (χ0n) is 18.7. The number of phenolic OH excluding ortho intramolecular Hbond substituents is 1. The van der Waals surface area contributed by atoms with Crippen LogP contribution in [0.1, 0.15) is 37.4 Å². The number of phenols is 1. The molecule has 0 aromatic heterocycles. The van der Waals surface area contributed by atoms with Gasteiger partial charge in [-0.25, -0.2) is 4.79 Å². The molecule has 0 heterocycles. The van der Waals surface area contributed by atoms with E-state index in [0.29, 0.717) is 6.29 Å². The minimum absolute atomic E-state index is 0. The second-order valence-corrected chi connectivity index (χ2v) is 8.76. The van der Waals surface area contributed by atoms with Crippen molar-refractivity contribution < 1.29 is 49.8 Å². The van der Waals surface area contributed by atoms with E-state index in [4.69, 9.17) is 0 Å². The number of azo groups is 1. The van der Waals surface area contributed by atoms with E-state index in [1.807, 2.05) is 0 Å². The van der Waals surface area contributed by atoms with Gasteiger partial charge in [0.1, 0.15) is 5.75 Å². The number of carboxylic acid groups (broad SMARTS) is 1. The first-order chi connectivity index (χ1) is 16.5. The Morgan fingerprint density at radius 3 is 2.31 bits per heavy atom. The quantitative estimate of drug-likeness (QED) is 0.0699. The second-order valence-electron chi connectivity index (χ2n) is 7.34. The van der Waals surface area contributed by atoms with Gasteiger partial charge in [0.15, 0.2) is 12.1 Å². The standard InChI is InChI=1S/C23H20N4O7S.Cu/c1-13-7-8-15(12-28)19(9-13)24-26-22(17-5-3-4-6-18(17)23(30)31)27-25-20-11-16(35(32,33)34)10-14(2)21(20)29;/h3-12H,1-2H3,(H4,24,25,26,27,28,29,30,31,32,33,34);/q;+1/p-1. The van der Waals surface area contributed by atoms with Gasteiger partial charge in [0.2, 0.25) is 0 Å². The van der Waals surface area contributed by atoms with Crippen LogP contribution in [0, 0.1) is 13.8 Å². The van der Waals surface area contributed by atoms with Gasteiger partial charge in [-0.2, -0.15) is 8.42 Å². The van der Waals surface area contributed by atoms with Crippen LogP contribution in [0.3, 0.4) is 0 Å². The van der Waals surface area contributed by atoms with Gasteiger partial charge in [0, 0.05) is 11.1 Å². The van der Waals surface area contributed by atoms with Crippen LogP contribution in [0.25, 0.3) is 5.43 Å². The molecule has 0 atom stereocenters. The summed E-state index contributed by atoms with van der Waals surface area (Å²) in [7, 11) is -4.60. The third-order valence-corrected chi connectivity index (χ3v) is 5.60. The molecule has 11 nitrogen and oxygen atoms in total. The maximum atomic E-state index is 11.7. The average molecular weight is 559 g/mol. The Labute approximate surface area is 216 Å². The summed E-state index contributed by atoms with van der Waals surface area (Å²) in [6.07, 6.45) is 0.585. The molecule has 3 aromatic rings. The smallest absolute Gasteiger partial charge is 0.571 e. The Hall–Kier alpha value is -3.90. The van der Waals surface area contributed by atoms with Crippen LogP contribution in [-0.4, -0.2) is 41.3 Å². The first-order valence-corrected chi connectivity index (χ1v) is 11.4. The summed E-state index contributed by atoms with van der Waals surface area (Å²) in [5.74, 6) is -1.98. The van der Waals surface area contributed by atoms with Crippen molar-refractivity contribution in [3.8, 4) is 5.75 Å². The molecule has 3 aromatic carbocycles. The minimum atomic E-state index is -4.60. The Morgan fingerprint density at radius 1 is 1.03 bits per heavy atom. The molecule has 0 saturated heterocycles. The van der Waals surface area contributed by atoms with Crippen molar-refractivity contribution in [3.63, 3.8) is 0 Å². The predicted molar refractivity (Wildman–Crippen MR) is 127 cm³/mol. The van der Waals surface area contributed by atoms with E-state index in [1.165, 1.54) is 31.2 Å². The van der Waals surface area contributed by atoms with Crippen LogP contribution >= 0.6 is 0 Å². The molecule has 3 rings (SSSR count). The Morgan fingerprint density at radius 2 is 1.69 bits per heavy atom. The maximum Gasteiger partial charge on any atom is 1.00 e. The van der Waals surface area contributed by atoms with Gasteiger partial charge in [-0.3, -0.25) is 9.35 Å². The van der Waals surface area contributed by atoms with Gasteiger partial charge in [-0.1, -0.05) is 36.0 Å². The fourth-order valence-corrected chi connectivity index (χ4v) is 3.57. The fraction of sp³-hybridized carbons (Fsp3) is 0.0870. The topological polar surface area (TPSA) is 180 Å². The Kier molecular flexibility index (Phi) is 9.20. The van der Waals surface area contributed by atoms with Gasteiger partial charge in [-0.05, 0) is 49.2 Å². The molecule has 190 valence electrons. The van der Waals surface area contributed by atoms with E-state index in [0.717, 1.165) is 17.7 Å². The summed E-state index contributed by atoms with van der Waals surface area (Å²) in [5.41, 5.74) is 4.69. The van der Waals surface area contributed by atoms with E-state index in [1.54, 1.807) is 25.1 Å². The first kappa shape index (κ1) is 28.3. The molecular weight excluding hydrogens is 540 g/mol. The first-order valence-electron chi connectivity index (χ1n) is 9.91. The molecule has 36 heavy (non-hydrogen) atoms. The van der Waals surface area contributed by atoms with Gasteiger partial charge in [0.05, 0.1) is 16.1 Å². The number of rotatable bonds is 7. The monoisotopic (exact) mass is 558 g/mol. The van der Waals surface area contributed by atoms with Crippen molar-refractivity contribution in [3.05, 3.63) is 87.8 Å². The molecule has 3 N–H and O–H groups in total. The number of aromatic carboxylic acids is 1. The molecule has 13 heteroatoms. The van der Waals surface area contributed by atoms with Crippen LogP contribution in [0.15, 0.2) is 74.8 Å². The molecule has 0 aliphatic heterocycles. The van der Waals surface area contributed by atoms with Crippen molar-refractivity contribution in [1.82, 2.24) is 0 Å². The number of aldehydes is 1. The van der Waals surface area contributed by atoms with Crippen LogP contribution in [-0.2, 0) is 27.2 Å². The van der Waals surface area contributed by atoms with Crippen molar-refractivity contribution in [1.29, 1.82) is 0 Å². The second kappa shape index (κ2) is 11.7. The molecule has 0 fully saturated rings. The van der Waals surface area contributed by atoms with E-state index in [9.17, 15) is 32.8 Å². The third kappa shape index (κ3) is 6.61. The third-order valence-electron chi connectivity index (χ3n) is 4.77. The van der Waals surface area contributed by atoms with E-state index in [-0.39, 0.29) is 56.5 Å². The van der Waals surface area contributed by atoms with Gasteiger partial charge >= 0.3 is 23.0 Å². The molecule has 0 aliphatic carbocycles. The number of aromatic hydroxyl groups is 1. The fourth-order valence-electron chi connectivity index (χ4n) is 2.99. The number of carbonyl (C=O) groups is 2. The summed E-state index contributed by atoms with van der Waals surface area (Å²) in [5, 5.41) is 31.8. The average Bonchev–Trinajstić information content (AvgIpc) is 2.81. The van der Waals surface area contributed by atoms with Crippen LogP contribution in [0.5, 0.6) is 5.75 Å². The molecule has 0 radical (unpaired) electrons. The number of nitrogens with zero attached hydrogens (tertiary/aromatic N) is 4. The zero-order valence-corrected chi connectivity index (χ0v) is 20.5. The molecular formula is C23H19CuN4O7S. The number of hydrogen-bond donors (Lipinski definition) is 3. The Balaban J connectivity index is 0.00000456. The van der Waals surface area contributed by atoms with Crippen LogP contribution < -0.4 is 0 Å². The van der Waals surface area contributed by atoms with Crippen molar-refractivity contribution in [2.75, 3.05) is 0 Å². The molecule has 0 amide bonds. The predicted octanol–water partition coefficient (Wildman–Crippen LogP) is 4.91. The summed E-state index contributed by atoms with van der Waals surface area (Å²) >= 11 is 0. The number of carbonyl (C=O) groups excluding carboxylic acids is 1. The number of aryl methyl sites for hydroxylation is 2. The normalized spacial score (nSPS) is 11.7. The van der Waals surface area contributed by atoms with Gasteiger partial charge in [-0.15, -0.1) is 10.2 Å². The summed E-state index contributed by atoms with van der Waals surface area (Å²) in [4.78, 5) is 22.6. The van der Waals surface area contributed by atoms with Gasteiger partial charge < -0.3 is 20.7 Å². The van der Waals surface area contributed by atoms with Crippen LogP contribution in [0.4, 0.5) is 11.4 Å². The van der Waals surface area contributed by atoms with Gasteiger partial charge in [0.25, 0.3) is 10.1 Å². The van der Waals surface area contributed by atoms with Crippen molar-refractivity contribution in [2.24, 2.45) is 15.3 Å². The van der Waals surface area contributed by atoms with E-state index >= 15 is 0 Å². The molecule has 0 aliphatic rings. The minimum Gasteiger partial charge on any atom is -0.571 e. The summed E-state index contributed by atoms with van der Waals surface area (Å²) in [6.45, 7) is 3.18. The number of amidine groups is 1. The SMILES string of the molecule is Cc1ccc(C=O)c(N=N/C(=N\[N-]c2cc(S(=O)(=O)O)cc(C)c2O)c2ccccc2C(=O)O)c1.[Cu+]. The molecule has 0 saturated carbocycles. The Bertz CT molecular complexity index is 1490.